The molecule has 1 heterocycles. The van der Waals surface area contributed by atoms with Gasteiger partial charge in [0, 0.05) is 20.9 Å². The standard InChI is InChI=1S/C18H14IN3O2/c1-24-17-10-9-16(21-22-17)12-5-4-6-13(11-12)20-18(23)14-7-2-3-8-15(14)19/h2-11H,1H3,(H,20,23). The average Bonchev–Trinajstić information content (AvgIpc) is 2.62. The van der Waals surface area contributed by atoms with Crippen molar-refractivity contribution in [1.29, 1.82) is 0 Å². The fourth-order valence-corrected chi connectivity index (χ4v) is 2.82. The predicted molar refractivity (Wildman–Crippen MR) is 101 cm³/mol. The molecule has 5 nitrogen and oxygen atoms in total. The maximum absolute atomic E-state index is 12.4. The summed E-state index contributed by atoms with van der Waals surface area (Å²) >= 11 is 2.15. The number of benzene rings is 2. The van der Waals surface area contributed by atoms with Crippen molar-refractivity contribution >= 4 is 34.2 Å². The third-order valence-corrected chi connectivity index (χ3v) is 4.32. The number of carbonyl (C=O) groups excluding carboxylic acids is 1. The summed E-state index contributed by atoms with van der Waals surface area (Å²) in [5.41, 5.74) is 2.93. The molecule has 0 aliphatic carbocycles. The van der Waals surface area contributed by atoms with Crippen LogP contribution >= 0.6 is 22.6 Å². The summed E-state index contributed by atoms with van der Waals surface area (Å²) < 4.78 is 5.92. The van der Waals surface area contributed by atoms with E-state index in [1.807, 2.05) is 48.5 Å². The zero-order valence-electron chi connectivity index (χ0n) is 12.9. The van der Waals surface area contributed by atoms with Crippen LogP contribution in [0.4, 0.5) is 5.69 Å². The molecule has 1 amide bonds. The van der Waals surface area contributed by atoms with E-state index < -0.39 is 0 Å². The number of methoxy groups -OCH3 is 1. The van der Waals surface area contributed by atoms with E-state index in [9.17, 15) is 4.79 Å². The van der Waals surface area contributed by atoms with Gasteiger partial charge >= 0.3 is 0 Å². The third-order valence-electron chi connectivity index (χ3n) is 3.38. The number of ether oxygens (including phenoxy) is 1. The molecule has 0 aliphatic rings. The Hall–Kier alpha value is -2.48. The van der Waals surface area contributed by atoms with Crippen molar-refractivity contribution in [3.63, 3.8) is 0 Å². The summed E-state index contributed by atoms with van der Waals surface area (Å²) in [6, 6.07) is 18.5. The second-order valence-corrected chi connectivity index (χ2v) is 6.14. The van der Waals surface area contributed by atoms with Gasteiger partial charge in [0.15, 0.2) is 0 Å². The first-order chi connectivity index (χ1) is 11.7. The van der Waals surface area contributed by atoms with Gasteiger partial charge in [-0.15, -0.1) is 10.2 Å². The lowest BCUT2D eigenvalue weighted by molar-refractivity contribution is 0.102. The van der Waals surface area contributed by atoms with Crippen molar-refractivity contribution in [2.75, 3.05) is 12.4 Å². The summed E-state index contributed by atoms with van der Waals surface area (Å²) in [5, 5.41) is 11.0. The highest BCUT2D eigenvalue weighted by Gasteiger charge is 2.10. The van der Waals surface area contributed by atoms with Gasteiger partial charge < -0.3 is 10.1 Å². The van der Waals surface area contributed by atoms with Crippen LogP contribution in [0.2, 0.25) is 0 Å². The Kier molecular flexibility index (Phi) is 5.05. The van der Waals surface area contributed by atoms with E-state index in [2.05, 4.69) is 38.1 Å². The number of hydrogen-bond acceptors (Lipinski definition) is 4. The Morgan fingerprint density at radius 3 is 2.58 bits per heavy atom. The van der Waals surface area contributed by atoms with Gasteiger partial charge in [0.2, 0.25) is 5.88 Å². The molecule has 0 saturated heterocycles. The SMILES string of the molecule is COc1ccc(-c2cccc(NC(=O)c3ccccc3I)c2)nn1. The largest absolute Gasteiger partial charge is 0.480 e. The lowest BCUT2D eigenvalue weighted by atomic mass is 10.1. The van der Waals surface area contributed by atoms with E-state index in [4.69, 9.17) is 4.74 Å². The molecule has 0 radical (unpaired) electrons. The maximum Gasteiger partial charge on any atom is 0.256 e. The van der Waals surface area contributed by atoms with E-state index in [1.165, 1.54) is 0 Å². The van der Waals surface area contributed by atoms with Gasteiger partial charge in [0.05, 0.1) is 18.4 Å². The minimum atomic E-state index is -0.141. The number of nitrogens with zero attached hydrogens (tertiary/aromatic N) is 2. The first-order valence-corrected chi connectivity index (χ1v) is 8.29. The fraction of sp³-hybridized carbons (Fsp3) is 0.0556. The molecule has 0 spiro atoms. The van der Waals surface area contributed by atoms with Crippen LogP contribution in [0.5, 0.6) is 5.88 Å². The first kappa shape index (κ1) is 16.4. The van der Waals surface area contributed by atoms with Crippen molar-refractivity contribution in [2.24, 2.45) is 0 Å². The van der Waals surface area contributed by atoms with Gasteiger partial charge in [-0.1, -0.05) is 24.3 Å². The van der Waals surface area contributed by atoms with E-state index >= 15 is 0 Å². The van der Waals surface area contributed by atoms with Crippen LogP contribution in [-0.2, 0) is 0 Å². The van der Waals surface area contributed by atoms with Gasteiger partial charge in [0.25, 0.3) is 5.91 Å². The van der Waals surface area contributed by atoms with Crippen molar-refractivity contribution < 1.29 is 9.53 Å². The van der Waals surface area contributed by atoms with Crippen LogP contribution in [0.25, 0.3) is 11.3 Å². The topological polar surface area (TPSA) is 64.1 Å². The molecular weight excluding hydrogens is 417 g/mol. The van der Waals surface area contributed by atoms with E-state index in [0.717, 1.165) is 9.13 Å². The first-order valence-electron chi connectivity index (χ1n) is 7.21. The van der Waals surface area contributed by atoms with Gasteiger partial charge in [0.1, 0.15) is 0 Å². The minimum Gasteiger partial charge on any atom is -0.480 e. The molecule has 1 N–H and O–H groups in total. The Morgan fingerprint density at radius 1 is 1.04 bits per heavy atom. The molecule has 24 heavy (non-hydrogen) atoms. The van der Waals surface area contributed by atoms with Crippen LogP contribution in [0.3, 0.4) is 0 Å². The van der Waals surface area contributed by atoms with Crippen molar-refractivity contribution in [2.45, 2.75) is 0 Å². The highest BCUT2D eigenvalue weighted by Crippen LogP contribution is 2.22. The van der Waals surface area contributed by atoms with Crippen molar-refractivity contribution in [1.82, 2.24) is 10.2 Å². The van der Waals surface area contributed by atoms with Crippen LogP contribution < -0.4 is 10.1 Å². The molecule has 0 atom stereocenters. The molecule has 0 fully saturated rings. The molecule has 1 aromatic heterocycles. The van der Waals surface area contributed by atoms with Crippen LogP contribution in [0, 0.1) is 3.57 Å². The molecule has 3 aromatic rings. The molecule has 0 bridgehead atoms. The van der Waals surface area contributed by atoms with Gasteiger partial charge in [-0.3, -0.25) is 4.79 Å². The number of amides is 1. The zero-order valence-corrected chi connectivity index (χ0v) is 15.0. The molecule has 0 saturated carbocycles. The minimum absolute atomic E-state index is 0.141. The second kappa shape index (κ2) is 7.39. The van der Waals surface area contributed by atoms with E-state index in [-0.39, 0.29) is 5.91 Å². The molecule has 0 aliphatic heterocycles. The molecule has 2 aromatic carbocycles. The Labute approximate surface area is 153 Å². The van der Waals surface area contributed by atoms with Crippen molar-refractivity contribution in [3.05, 3.63) is 69.8 Å². The summed E-state index contributed by atoms with van der Waals surface area (Å²) in [4.78, 5) is 12.4. The number of anilines is 1. The van der Waals surface area contributed by atoms with E-state index in [1.54, 1.807) is 19.2 Å². The molecular formula is C18H14IN3O2. The third kappa shape index (κ3) is 3.70. The Balaban J connectivity index is 1.82. The fourth-order valence-electron chi connectivity index (χ4n) is 2.18. The molecule has 120 valence electrons. The molecule has 0 unspecified atom stereocenters. The smallest absolute Gasteiger partial charge is 0.256 e. The predicted octanol–water partition coefficient (Wildman–Crippen LogP) is 4.01. The quantitative estimate of drug-likeness (QED) is 0.635. The van der Waals surface area contributed by atoms with Crippen LogP contribution in [0.1, 0.15) is 10.4 Å². The van der Waals surface area contributed by atoms with E-state index in [0.29, 0.717) is 22.8 Å². The number of rotatable bonds is 4. The van der Waals surface area contributed by atoms with Crippen LogP contribution in [-0.4, -0.2) is 23.2 Å². The maximum atomic E-state index is 12.4. The number of hydrogen-bond donors (Lipinski definition) is 1. The lowest BCUT2D eigenvalue weighted by Gasteiger charge is -2.08. The lowest BCUT2D eigenvalue weighted by Crippen LogP contribution is -2.13. The highest BCUT2D eigenvalue weighted by molar-refractivity contribution is 14.1. The molecule has 6 heteroatoms. The summed E-state index contributed by atoms with van der Waals surface area (Å²) in [6.45, 7) is 0. The van der Waals surface area contributed by atoms with Gasteiger partial charge in [-0.05, 0) is 52.9 Å². The summed E-state index contributed by atoms with van der Waals surface area (Å²) in [7, 11) is 1.55. The second-order valence-electron chi connectivity index (χ2n) is 4.98. The monoisotopic (exact) mass is 431 g/mol. The Morgan fingerprint density at radius 2 is 1.88 bits per heavy atom. The number of carbonyl (C=O) groups is 1. The molecule has 3 rings (SSSR count). The summed E-state index contributed by atoms with van der Waals surface area (Å²) in [6.07, 6.45) is 0. The van der Waals surface area contributed by atoms with Crippen molar-refractivity contribution in [3.8, 4) is 17.1 Å². The van der Waals surface area contributed by atoms with Gasteiger partial charge in [-0.2, -0.15) is 0 Å². The van der Waals surface area contributed by atoms with Gasteiger partial charge in [-0.25, -0.2) is 0 Å². The number of halogens is 1. The Bertz CT molecular complexity index is 866. The van der Waals surface area contributed by atoms with Crippen LogP contribution in [0.15, 0.2) is 60.7 Å². The normalized spacial score (nSPS) is 10.2. The zero-order chi connectivity index (χ0) is 16.9. The number of nitrogens with one attached hydrogen (secondary N) is 1. The number of aromatic nitrogens is 2. The summed E-state index contributed by atoms with van der Waals surface area (Å²) in [5.74, 6) is 0.319. The average molecular weight is 431 g/mol. The highest BCUT2D eigenvalue weighted by atomic mass is 127.